The van der Waals surface area contributed by atoms with Crippen LogP contribution < -0.4 is 5.32 Å². The van der Waals surface area contributed by atoms with Crippen molar-refractivity contribution in [3.05, 3.63) is 46.8 Å². The van der Waals surface area contributed by atoms with Crippen LogP contribution in [0.1, 0.15) is 25.7 Å². The zero-order valence-electron chi connectivity index (χ0n) is 13.5. The smallest absolute Gasteiger partial charge is 0.252 e. The number of amides is 1. The van der Waals surface area contributed by atoms with Crippen LogP contribution in [0.4, 0.5) is 5.69 Å². The molecule has 0 spiro atoms. The number of piperidine rings is 1. The van der Waals surface area contributed by atoms with Crippen molar-refractivity contribution in [2.45, 2.75) is 35.9 Å². The van der Waals surface area contributed by atoms with Crippen molar-refractivity contribution in [3.8, 4) is 0 Å². The van der Waals surface area contributed by atoms with E-state index in [4.69, 9.17) is 11.6 Å². The van der Waals surface area contributed by atoms with E-state index in [1.54, 1.807) is 41.8 Å². The van der Waals surface area contributed by atoms with E-state index in [1.165, 1.54) is 15.6 Å². The Balaban J connectivity index is 1.72. The molecule has 1 aromatic heterocycles. The number of benzene rings is 1. The number of halogens is 1. The van der Waals surface area contributed by atoms with E-state index in [0.29, 0.717) is 27.9 Å². The molecule has 0 saturated carbocycles. The molecular weight excluding hydrogens is 380 g/mol. The second-order valence-corrected chi connectivity index (χ2v) is 9.46. The van der Waals surface area contributed by atoms with Gasteiger partial charge in [-0.05, 0) is 42.5 Å². The van der Waals surface area contributed by atoms with Crippen molar-refractivity contribution < 1.29 is 13.2 Å². The highest BCUT2D eigenvalue weighted by atomic mass is 35.5. The molecule has 5 nitrogen and oxygen atoms in total. The molecule has 0 bridgehead atoms. The lowest BCUT2D eigenvalue weighted by molar-refractivity contribution is -0.117. The van der Waals surface area contributed by atoms with E-state index in [9.17, 15) is 13.2 Å². The minimum atomic E-state index is -3.54. The van der Waals surface area contributed by atoms with Gasteiger partial charge in [0.1, 0.15) is 4.21 Å². The Bertz CT molecular complexity index is 837. The first-order chi connectivity index (χ1) is 12.0. The Hall–Kier alpha value is -1.41. The van der Waals surface area contributed by atoms with Crippen molar-refractivity contribution in [3.63, 3.8) is 0 Å². The predicted molar refractivity (Wildman–Crippen MR) is 101 cm³/mol. The van der Waals surface area contributed by atoms with Gasteiger partial charge in [-0.3, -0.25) is 4.79 Å². The van der Waals surface area contributed by atoms with E-state index < -0.39 is 10.0 Å². The Morgan fingerprint density at radius 3 is 2.84 bits per heavy atom. The van der Waals surface area contributed by atoms with Gasteiger partial charge in [0.2, 0.25) is 5.91 Å². The van der Waals surface area contributed by atoms with Crippen LogP contribution in [-0.4, -0.2) is 31.2 Å². The van der Waals surface area contributed by atoms with Crippen LogP contribution in [0.3, 0.4) is 0 Å². The lowest BCUT2D eigenvalue weighted by Crippen LogP contribution is -2.45. The molecule has 0 unspecified atom stereocenters. The zero-order valence-corrected chi connectivity index (χ0v) is 15.9. The average Bonchev–Trinajstić information content (AvgIpc) is 3.10. The maximum Gasteiger partial charge on any atom is 0.252 e. The first-order valence-corrected chi connectivity index (χ1v) is 10.8. The highest BCUT2D eigenvalue weighted by Gasteiger charge is 2.35. The molecular formula is C17H19ClN2O3S2. The number of nitrogens with zero attached hydrogens (tertiary/aromatic N) is 1. The maximum atomic E-state index is 12.8. The number of carbonyl (C=O) groups is 1. The van der Waals surface area contributed by atoms with Gasteiger partial charge in [0.25, 0.3) is 10.0 Å². The molecule has 2 aromatic rings. The molecule has 2 heterocycles. The van der Waals surface area contributed by atoms with Crippen LogP contribution in [0.5, 0.6) is 0 Å². The summed E-state index contributed by atoms with van der Waals surface area (Å²) in [5.74, 6) is -0.208. The zero-order chi connectivity index (χ0) is 17.9. The highest BCUT2D eigenvalue weighted by Crippen LogP contribution is 2.29. The number of nitrogens with one attached hydrogen (secondary N) is 1. The summed E-state index contributed by atoms with van der Waals surface area (Å²) in [6.07, 6.45) is 2.56. The minimum absolute atomic E-state index is 0.136. The minimum Gasteiger partial charge on any atom is -0.326 e. The molecule has 8 heteroatoms. The molecule has 1 fully saturated rings. The van der Waals surface area contributed by atoms with Crippen molar-refractivity contribution in [1.82, 2.24) is 4.31 Å². The van der Waals surface area contributed by atoms with Gasteiger partial charge in [0, 0.05) is 29.7 Å². The molecule has 0 aliphatic carbocycles. The van der Waals surface area contributed by atoms with Gasteiger partial charge in [-0.25, -0.2) is 8.42 Å². The Labute approximate surface area is 156 Å². The molecule has 1 amide bonds. The predicted octanol–water partition coefficient (Wildman–Crippen LogP) is 3.97. The molecule has 1 aromatic carbocycles. The van der Waals surface area contributed by atoms with Gasteiger partial charge in [-0.1, -0.05) is 30.2 Å². The van der Waals surface area contributed by atoms with Crippen molar-refractivity contribution in [2.24, 2.45) is 0 Å². The summed E-state index contributed by atoms with van der Waals surface area (Å²) in [4.78, 5) is 12.4. The molecule has 1 saturated heterocycles. The van der Waals surface area contributed by atoms with Crippen LogP contribution in [0.25, 0.3) is 0 Å². The normalized spacial score (nSPS) is 18.8. The Morgan fingerprint density at radius 2 is 2.12 bits per heavy atom. The standard InChI is InChI=1S/C17H19ClN2O3S2/c18-13-5-3-6-14(11-13)19-16(21)12-15-7-1-2-9-20(15)25(22,23)17-8-4-10-24-17/h3-6,8,10-11,15H,1-2,7,9,12H2,(H,19,21)/t15-/m0/s1. The fraction of sp³-hybridized carbons (Fsp3) is 0.353. The summed E-state index contributed by atoms with van der Waals surface area (Å²) in [6, 6.07) is 9.92. The number of rotatable bonds is 5. The maximum absolute atomic E-state index is 12.8. The number of hydrogen-bond donors (Lipinski definition) is 1. The van der Waals surface area contributed by atoms with E-state index in [-0.39, 0.29) is 18.4 Å². The fourth-order valence-corrected chi connectivity index (χ4v) is 6.02. The summed E-state index contributed by atoms with van der Waals surface area (Å²) < 4.78 is 27.5. The monoisotopic (exact) mass is 398 g/mol. The third-order valence-electron chi connectivity index (χ3n) is 4.16. The third-order valence-corrected chi connectivity index (χ3v) is 7.72. The number of hydrogen-bond acceptors (Lipinski definition) is 4. The van der Waals surface area contributed by atoms with E-state index in [0.717, 1.165) is 12.8 Å². The summed E-state index contributed by atoms with van der Waals surface area (Å²) in [6.45, 7) is 0.454. The summed E-state index contributed by atoms with van der Waals surface area (Å²) in [5.41, 5.74) is 0.612. The van der Waals surface area contributed by atoms with Gasteiger partial charge < -0.3 is 5.32 Å². The van der Waals surface area contributed by atoms with Crippen LogP contribution in [0.15, 0.2) is 46.0 Å². The van der Waals surface area contributed by atoms with Gasteiger partial charge in [-0.15, -0.1) is 11.3 Å². The Kier molecular flexibility index (Phi) is 5.78. The van der Waals surface area contributed by atoms with Gasteiger partial charge in [-0.2, -0.15) is 4.31 Å². The van der Waals surface area contributed by atoms with Gasteiger partial charge in [0.15, 0.2) is 0 Å². The summed E-state index contributed by atoms with van der Waals surface area (Å²) >= 11 is 7.13. The third kappa shape index (κ3) is 4.41. The van der Waals surface area contributed by atoms with Crippen LogP contribution in [-0.2, 0) is 14.8 Å². The number of anilines is 1. The van der Waals surface area contributed by atoms with Crippen molar-refractivity contribution in [1.29, 1.82) is 0 Å². The molecule has 1 atom stereocenters. The van der Waals surface area contributed by atoms with Crippen LogP contribution in [0.2, 0.25) is 5.02 Å². The van der Waals surface area contributed by atoms with Crippen molar-refractivity contribution in [2.75, 3.05) is 11.9 Å². The van der Waals surface area contributed by atoms with E-state index in [1.807, 2.05) is 0 Å². The van der Waals surface area contributed by atoms with Crippen LogP contribution >= 0.6 is 22.9 Å². The number of thiophene rings is 1. The Morgan fingerprint density at radius 1 is 1.28 bits per heavy atom. The molecule has 25 heavy (non-hydrogen) atoms. The van der Waals surface area contributed by atoms with E-state index >= 15 is 0 Å². The second-order valence-electron chi connectivity index (χ2n) is 5.96. The fourth-order valence-electron chi connectivity index (χ4n) is 3.01. The van der Waals surface area contributed by atoms with E-state index in [2.05, 4.69) is 5.32 Å². The SMILES string of the molecule is O=C(C[C@@H]1CCCCN1S(=O)(=O)c1cccs1)Nc1cccc(Cl)c1. The molecule has 1 aliphatic rings. The second kappa shape index (κ2) is 7.86. The number of sulfonamides is 1. The lowest BCUT2D eigenvalue weighted by atomic mass is 10.0. The quantitative estimate of drug-likeness (QED) is 0.828. The average molecular weight is 399 g/mol. The molecule has 1 aliphatic heterocycles. The molecule has 0 radical (unpaired) electrons. The molecule has 3 rings (SSSR count). The van der Waals surface area contributed by atoms with Crippen LogP contribution in [0, 0.1) is 0 Å². The largest absolute Gasteiger partial charge is 0.326 e. The topological polar surface area (TPSA) is 66.5 Å². The number of carbonyl (C=O) groups excluding carboxylic acids is 1. The molecule has 134 valence electrons. The summed E-state index contributed by atoms with van der Waals surface area (Å²) in [5, 5.41) is 5.08. The van der Waals surface area contributed by atoms with Gasteiger partial charge in [0.05, 0.1) is 0 Å². The first kappa shape index (κ1) is 18.4. The summed E-state index contributed by atoms with van der Waals surface area (Å²) in [7, 11) is -3.54. The first-order valence-electron chi connectivity index (χ1n) is 8.07. The highest BCUT2D eigenvalue weighted by molar-refractivity contribution is 7.91. The molecule has 1 N–H and O–H groups in total. The van der Waals surface area contributed by atoms with Gasteiger partial charge >= 0.3 is 0 Å². The van der Waals surface area contributed by atoms with Crippen molar-refractivity contribution >= 4 is 44.6 Å². The lowest BCUT2D eigenvalue weighted by Gasteiger charge is -2.34.